The van der Waals surface area contributed by atoms with Gasteiger partial charge >= 0.3 is 0 Å². The van der Waals surface area contributed by atoms with Gasteiger partial charge in [-0.2, -0.15) is 29.9 Å². The maximum atomic E-state index is 13.4. The molecule has 3 atom stereocenters. The lowest BCUT2D eigenvalue weighted by Gasteiger charge is -2.40. The summed E-state index contributed by atoms with van der Waals surface area (Å²) >= 11 is 0. The first-order valence-electron chi connectivity index (χ1n) is 19.3. The van der Waals surface area contributed by atoms with Crippen LogP contribution in [0.2, 0.25) is 0 Å². The highest BCUT2D eigenvalue weighted by molar-refractivity contribution is 5.55. The summed E-state index contributed by atoms with van der Waals surface area (Å²) in [6.45, 7) is 2.87. The molecule has 316 valence electrons. The molecule has 3 aromatic heterocycles. The van der Waals surface area contributed by atoms with E-state index in [1.165, 1.54) is 11.0 Å². The molecule has 6 heterocycles. The van der Waals surface area contributed by atoms with Gasteiger partial charge in [0.1, 0.15) is 34.9 Å². The molecule has 3 aliphatic rings. The summed E-state index contributed by atoms with van der Waals surface area (Å²) in [7, 11) is 7.01. The zero-order chi connectivity index (χ0) is 41.9. The fraction of sp³-hybridized carbons (Fsp3) is 0.526. The number of alkyl halides is 2. The van der Waals surface area contributed by atoms with Crippen molar-refractivity contribution in [1.29, 1.82) is 0 Å². The number of hydrogen-bond donors (Lipinski definition) is 8. The average Bonchev–Trinajstić information content (AvgIpc) is 3.20. The zero-order valence-corrected chi connectivity index (χ0v) is 33.6. The lowest BCUT2D eigenvalue weighted by Crippen LogP contribution is -2.50. The van der Waals surface area contributed by atoms with Crippen LogP contribution in [-0.2, 0) is 11.2 Å². The van der Waals surface area contributed by atoms with Crippen LogP contribution in [0.25, 0.3) is 0 Å². The number of aliphatic hydroxyl groups excluding tert-OH is 1. The molecular weight excluding hydrogens is 753 g/mol. The molecule has 7 rings (SSSR count). The Morgan fingerprint density at radius 3 is 1.78 bits per heavy atom. The average molecular weight is 810 g/mol. The van der Waals surface area contributed by atoms with Gasteiger partial charge in [0.15, 0.2) is 0 Å². The van der Waals surface area contributed by atoms with Gasteiger partial charge in [0.2, 0.25) is 17.8 Å². The second kappa shape index (κ2) is 19.7. The molecule has 0 amide bonds. The van der Waals surface area contributed by atoms with Crippen molar-refractivity contribution in [2.24, 2.45) is 0 Å². The van der Waals surface area contributed by atoms with E-state index in [1.807, 2.05) is 37.4 Å². The second-order valence-electron chi connectivity index (χ2n) is 14.6. The van der Waals surface area contributed by atoms with Crippen molar-refractivity contribution >= 4 is 52.8 Å². The van der Waals surface area contributed by atoms with Gasteiger partial charge in [-0.05, 0) is 31.2 Å². The molecule has 3 aliphatic heterocycles. The Kier molecular flexibility index (Phi) is 14.8. The van der Waals surface area contributed by atoms with Crippen molar-refractivity contribution in [1.82, 2.24) is 29.9 Å². The number of piperidine rings is 3. The van der Waals surface area contributed by atoms with Crippen LogP contribution < -0.4 is 47.9 Å². The van der Waals surface area contributed by atoms with Crippen LogP contribution in [-0.4, -0.2) is 131 Å². The van der Waals surface area contributed by atoms with Crippen LogP contribution in [0.3, 0.4) is 0 Å². The minimum atomic E-state index is -2.93. The largest absolute Gasteiger partial charge is 0.391 e. The van der Waals surface area contributed by atoms with E-state index in [0.29, 0.717) is 30.5 Å². The normalized spacial score (nSPS) is 21.5. The number of aromatic nitrogens is 6. The van der Waals surface area contributed by atoms with Crippen molar-refractivity contribution in [3.8, 4) is 0 Å². The molecule has 18 nitrogen and oxygen atoms in total. The monoisotopic (exact) mass is 809 g/mol. The van der Waals surface area contributed by atoms with Gasteiger partial charge in [-0.25, -0.2) is 8.78 Å². The first kappa shape index (κ1) is 43.5. The number of β-amino-alcohol motifs (C(OH)–C–C–N with tert-alkyl or cyclic N) is 2. The number of nitrogens with zero attached hydrogens (tertiary/aromatic N) is 9. The third-order valence-corrected chi connectivity index (χ3v) is 9.96. The Labute approximate surface area is 337 Å². The molecule has 0 bridgehead atoms. The van der Waals surface area contributed by atoms with Gasteiger partial charge in [-0.1, -0.05) is 30.3 Å². The first-order valence-corrected chi connectivity index (χ1v) is 19.3. The molecule has 20 heteroatoms. The number of benzene rings is 1. The molecule has 3 saturated heterocycles. The quantitative estimate of drug-likeness (QED) is 0.121. The van der Waals surface area contributed by atoms with Crippen molar-refractivity contribution < 1.29 is 23.7 Å². The molecule has 4 aromatic rings. The highest BCUT2D eigenvalue weighted by Gasteiger charge is 2.40. The molecule has 0 saturated carbocycles. The van der Waals surface area contributed by atoms with E-state index < -0.39 is 30.6 Å². The SMILES string of the molecule is CNc1cc(N2CCCC(O)(Cc3ccccc3)C2)nc(N)n1.CNc1cc(N2CCCC(OC)C2)nc(N)n1.CNc1cc(N2C[C@H](O)CC(F)(F)C2)nc(N)n1. The van der Waals surface area contributed by atoms with Crippen LogP contribution in [0.15, 0.2) is 48.5 Å². The van der Waals surface area contributed by atoms with E-state index in [1.54, 1.807) is 21.2 Å². The van der Waals surface area contributed by atoms with Crippen molar-refractivity contribution in [3.05, 3.63) is 54.1 Å². The van der Waals surface area contributed by atoms with Crippen LogP contribution in [0.1, 0.15) is 37.7 Å². The summed E-state index contributed by atoms with van der Waals surface area (Å²) in [5.41, 5.74) is 17.4. The third kappa shape index (κ3) is 12.4. The molecule has 0 spiro atoms. The number of methoxy groups -OCH3 is 1. The highest BCUT2D eigenvalue weighted by Crippen LogP contribution is 2.31. The van der Waals surface area contributed by atoms with Crippen molar-refractivity contribution in [2.75, 3.05) is 115 Å². The molecule has 1 aromatic carbocycles. The van der Waals surface area contributed by atoms with Crippen LogP contribution in [0.5, 0.6) is 0 Å². The third-order valence-electron chi connectivity index (χ3n) is 9.96. The van der Waals surface area contributed by atoms with E-state index in [-0.39, 0.29) is 30.4 Å². The molecular formula is C38H57F2N15O3. The lowest BCUT2D eigenvalue weighted by molar-refractivity contribution is -0.0531. The Balaban J connectivity index is 0.000000168. The minimum absolute atomic E-state index is 0.000213. The lowest BCUT2D eigenvalue weighted by atomic mass is 9.86. The van der Waals surface area contributed by atoms with E-state index >= 15 is 0 Å². The Bertz CT molecular complexity index is 1920. The van der Waals surface area contributed by atoms with Gasteiger partial charge in [-0.3, -0.25) is 0 Å². The molecule has 2 unspecified atom stereocenters. The number of halogens is 2. The smallest absolute Gasteiger partial charge is 0.267 e. The van der Waals surface area contributed by atoms with E-state index in [2.05, 4.69) is 67.8 Å². The van der Waals surface area contributed by atoms with E-state index in [0.717, 1.165) is 68.3 Å². The second-order valence-corrected chi connectivity index (χ2v) is 14.6. The summed E-state index contributed by atoms with van der Waals surface area (Å²) in [6, 6.07) is 15.4. The van der Waals surface area contributed by atoms with Crippen LogP contribution in [0.4, 0.5) is 61.5 Å². The maximum Gasteiger partial charge on any atom is 0.267 e. The van der Waals surface area contributed by atoms with Gasteiger partial charge in [0, 0.05) is 92.0 Å². The molecule has 11 N–H and O–H groups in total. The maximum absolute atomic E-state index is 13.4. The van der Waals surface area contributed by atoms with Crippen LogP contribution >= 0.6 is 0 Å². The number of anilines is 9. The number of aliphatic hydroxyl groups is 2. The topological polar surface area (TPSA) is 251 Å². The molecule has 58 heavy (non-hydrogen) atoms. The van der Waals surface area contributed by atoms with Gasteiger partial charge in [0.25, 0.3) is 5.92 Å². The Morgan fingerprint density at radius 1 is 0.741 bits per heavy atom. The first-order chi connectivity index (χ1) is 27.7. The predicted molar refractivity (Wildman–Crippen MR) is 225 cm³/mol. The Morgan fingerprint density at radius 2 is 1.26 bits per heavy atom. The fourth-order valence-corrected chi connectivity index (χ4v) is 7.24. The summed E-state index contributed by atoms with van der Waals surface area (Å²) < 4.78 is 32.2. The number of ether oxygens (including phenoxy) is 1. The fourth-order valence-electron chi connectivity index (χ4n) is 7.24. The molecule has 0 aliphatic carbocycles. The summed E-state index contributed by atoms with van der Waals surface area (Å²) in [5, 5.41) is 29.2. The van der Waals surface area contributed by atoms with Crippen molar-refractivity contribution in [2.45, 2.75) is 62.3 Å². The molecule has 3 fully saturated rings. The number of nitrogen functional groups attached to an aromatic ring is 3. The standard InChI is InChI=1S/C17H23N5O.C11H19N5O.C10H15F2N5O/c1-19-14-10-15(21-16(18)20-14)22-9-5-8-17(23,12-22)11-13-6-3-2-4-7-13;1-13-9-6-10(15-11(12)14-9)16-5-3-4-8(7-16)17-2;1-14-7-2-8(16-9(13)15-7)17-4-6(18)3-10(11,12)5-17/h2-4,6-7,10,23H,5,8-9,11-12H2,1H3,(H3,18,19,20,21);6,8H,3-5,7H2,1-2H3,(H3,12,13,14,15);2,6,18H,3-5H2,1H3,(H3,13,14,15,16)/t;;6-/m..1/s1. The van der Waals surface area contributed by atoms with Gasteiger partial charge in [-0.15, -0.1) is 0 Å². The summed E-state index contributed by atoms with van der Waals surface area (Å²) in [6.07, 6.45) is 3.23. The van der Waals surface area contributed by atoms with Gasteiger partial charge < -0.3 is 62.8 Å². The van der Waals surface area contributed by atoms with E-state index in [9.17, 15) is 19.0 Å². The number of nitrogens with one attached hydrogen (secondary N) is 3. The highest BCUT2D eigenvalue weighted by atomic mass is 19.3. The predicted octanol–water partition coefficient (Wildman–Crippen LogP) is 2.70. The summed E-state index contributed by atoms with van der Waals surface area (Å²) in [5.74, 6) is 1.38. The van der Waals surface area contributed by atoms with Crippen molar-refractivity contribution in [3.63, 3.8) is 0 Å². The summed E-state index contributed by atoms with van der Waals surface area (Å²) in [4.78, 5) is 30.2. The molecule has 0 radical (unpaired) electrons. The van der Waals surface area contributed by atoms with Crippen LogP contribution in [0, 0.1) is 0 Å². The number of hydrogen-bond acceptors (Lipinski definition) is 18. The minimum Gasteiger partial charge on any atom is -0.391 e. The van der Waals surface area contributed by atoms with Gasteiger partial charge in [0.05, 0.1) is 24.4 Å². The Hall–Kier alpha value is -5.60. The number of nitrogens with two attached hydrogens (primary N) is 3. The van der Waals surface area contributed by atoms with E-state index in [4.69, 9.17) is 21.9 Å². The zero-order valence-electron chi connectivity index (χ0n) is 33.6. The number of rotatable bonds is 9.